The first-order valence-electron chi connectivity index (χ1n) is 8.32. The minimum Gasteiger partial charge on any atom is -0.354 e. The number of aromatic nitrogens is 2. The van der Waals surface area contributed by atoms with Crippen molar-refractivity contribution in [3.63, 3.8) is 0 Å². The number of nitrogens with zero attached hydrogens (tertiary/aromatic N) is 1. The number of imidazole rings is 1. The molecule has 148 valence electrons. The monoisotopic (exact) mass is 507 g/mol. The van der Waals surface area contributed by atoms with E-state index >= 15 is 0 Å². The highest BCUT2D eigenvalue weighted by Gasteiger charge is 2.19. The first-order valence-corrected chi connectivity index (χ1v) is 9.40. The quantitative estimate of drug-likeness (QED) is 0.398. The van der Waals surface area contributed by atoms with Crippen molar-refractivity contribution < 1.29 is 18.8 Å². The number of benzene rings is 2. The lowest BCUT2D eigenvalue weighted by Gasteiger charge is -2.09. The van der Waals surface area contributed by atoms with Crippen molar-refractivity contribution in [1.82, 2.24) is 15.3 Å². The average Bonchev–Trinajstić information content (AvgIpc) is 3.19. The summed E-state index contributed by atoms with van der Waals surface area (Å²) in [5.74, 6) is -1.80. The Morgan fingerprint density at radius 3 is 2.17 bits per heavy atom. The number of carbonyl (C=O) groups excluding carboxylic acids is 3. The number of H-pyrrole nitrogens is 1. The van der Waals surface area contributed by atoms with Gasteiger partial charge in [0.25, 0.3) is 17.7 Å². The van der Waals surface area contributed by atoms with Crippen molar-refractivity contribution in [2.45, 2.75) is 0 Å². The number of nitrogens with one attached hydrogen (secondary N) is 4. The van der Waals surface area contributed by atoms with E-state index in [1.54, 1.807) is 24.3 Å². The highest BCUT2D eigenvalue weighted by molar-refractivity contribution is 14.1. The van der Waals surface area contributed by atoms with Gasteiger partial charge in [-0.25, -0.2) is 9.37 Å². The molecule has 3 amide bonds. The van der Waals surface area contributed by atoms with Gasteiger partial charge in [-0.1, -0.05) is 0 Å². The molecule has 0 aliphatic heterocycles. The molecule has 29 heavy (non-hydrogen) atoms. The Morgan fingerprint density at radius 1 is 0.966 bits per heavy atom. The van der Waals surface area contributed by atoms with E-state index in [1.165, 1.54) is 31.6 Å². The van der Waals surface area contributed by atoms with E-state index in [0.29, 0.717) is 20.5 Å². The predicted molar refractivity (Wildman–Crippen MR) is 113 cm³/mol. The third kappa shape index (κ3) is 4.77. The minimum absolute atomic E-state index is 0.0346. The molecular formula is C19H15FIN5O3. The van der Waals surface area contributed by atoms with Crippen LogP contribution in [0.3, 0.4) is 0 Å². The first-order chi connectivity index (χ1) is 13.9. The highest BCUT2D eigenvalue weighted by atomic mass is 127. The van der Waals surface area contributed by atoms with Gasteiger partial charge in [0.05, 0.1) is 11.9 Å². The van der Waals surface area contributed by atoms with Gasteiger partial charge in [0.15, 0.2) is 5.69 Å². The Morgan fingerprint density at radius 2 is 1.59 bits per heavy atom. The molecular weight excluding hydrogens is 492 g/mol. The fraction of sp³-hybridized carbons (Fsp3) is 0.0526. The maximum atomic E-state index is 13.2. The zero-order valence-electron chi connectivity index (χ0n) is 15.0. The summed E-state index contributed by atoms with van der Waals surface area (Å²) in [6.07, 6.45) is 1.26. The van der Waals surface area contributed by atoms with E-state index < -0.39 is 17.6 Å². The first kappa shape index (κ1) is 20.5. The summed E-state index contributed by atoms with van der Waals surface area (Å²) in [7, 11) is 1.45. The molecule has 1 aromatic heterocycles. The average molecular weight is 507 g/mol. The molecule has 0 atom stereocenters. The van der Waals surface area contributed by atoms with Crippen molar-refractivity contribution in [3.05, 3.63) is 75.1 Å². The van der Waals surface area contributed by atoms with Crippen molar-refractivity contribution in [2.24, 2.45) is 0 Å². The van der Waals surface area contributed by atoms with Crippen LogP contribution in [0.1, 0.15) is 31.3 Å². The zero-order valence-corrected chi connectivity index (χ0v) is 17.2. The van der Waals surface area contributed by atoms with E-state index in [1.807, 2.05) is 22.6 Å². The number of rotatable bonds is 5. The van der Waals surface area contributed by atoms with Gasteiger partial charge in [0.1, 0.15) is 11.5 Å². The Kier molecular flexibility index (Phi) is 6.22. The molecule has 2 aromatic carbocycles. The van der Waals surface area contributed by atoms with E-state index in [0.717, 1.165) is 0 Å². The molecule has 0 unspecified atom stereocenters. The molecule has 3 aromatic rings. The normalized spacial score (nSPS) is 10.3. The summed E-state index contributed by atoms with van der Waals surface area (Å²) >= 11 is 1.89. The van der Waals surface area contributed by atoms with Crippen LogP contribution in [0.4, 0.5) is 15.8 Å². The van der Waals surface area contributed by atoms with Crippen LogP contribution >= 0.6 is 22.6 Å². The van der Waals surface area contributed by atoms with Crippen LogP contribution in [0.15, 0.2) is 48.8 Å². The van der Waals surface area contributed by atoms with Crippen molar-refractivity contribution in [2.75, 3.05) is 17.7 Å². The van der Waals surface area contributed by atoms with Gasteiger partial charge in [0.2, 0.25) is 0 Å². The van der Waals surface area contributed by atoms with Crippen LogP contribution in [0.25, 0.3) is 0 Å². The molecule has 3 rings (SSSR count). The number of hydrogen-bond acceptors (Lipinski definition) is 4. The molecule has 0 saturated heterocycles. The van der Waals surface area contributed by atoms with Gasteiger partial charge < -0.3 is 20.9 Å². The van der Waals surface area contributed by atoms with Crippen molar-refractivity contribution in [3.8, 4) is 0 Å². The molecule has 1 heterocycles. The number of anilines is 2. The van der Waals surface area contributed by atoms with Crippen molar-refractivity contribution in [1.29, 1.82) is 0 Å². The summed E-state index contributed by atoms with van der Waals surface area (Å²) in [6.45, 7) is 0. The van der Waals surface area contributed by atoms with E-state index in [4.69, 9.17) is 0 Å². The maximum absolute atomic E-state index is 13.2. The molecule has 0 fully saturated rings. The van der Waals surface area contributed by atoms with Crippen LogP contribution < -0.4 is 16.0 Å². The smallest absolute Gasteiger partial charge is 0.276 e. The van der Waals surface area contributed by atoms with Crippen LogP contribution in [0.2, 0.25) is 0 Å². The fourth-order valence-corrected chi connectivity index (χ4v) is 3.19. The number of halogens is 2. The molecule has 4 N–H and O–H groups in total. The topological polar surface area (TPSA) is 116 Å². The van der Waals surface area contributed by atoms with Gasteiger partial charge in [-0.15, -0.1) is 0 Å². The number of amides is 3. The van der Waals surface area contributed by atoms with Gasteiger partial charge >= 0.3 is 0 Å². The lowest BCUT2D eigenvalue weighted by Crippen LogP contribution is -2.23. The zero-order chi connectivity index (χ0) is 21.0. The number of hydrogen-bond donors (Lipinski definition) is 4. The minimum atomic E-state index is -0.553. The van der Waals surface area contributed by atoms with Crippen LogP contribution in [0.5, 0.6) is 0 Å². The molecule has 8 nitrogen and oxygen atoms in total. The van der Waals surface area contributed by atoms with Gasteiger partial charge in [0, 0.05) is 22.0 Å². The maximum Gasteiger partial charge on any atom is 0.276 e. The Bertz CT molecular complexity index is 1080. The largest absolute Gasteiger partial charge is 0.354 e. The van der Waals surface area contributed by atoms with Crippen molar-refractivity contribution >= 4 is 51.7 Å². The summed E-state index contributed by atoms with van der Waals surface area (Å²) < 4.78 is 13.7. The predicted octanol–water partition coefficient (Wildman–Crippen LogP) is 3.02. The Labute approximate surface area is 178 Å². The van der Waals surface area contributed by atoms with Gasteiger partial charge in [-0.05, 0) is 65.1 Å². The lowest BCUT2D eigenvalue weighted by atomic mass is 10.2. The fourth-order valence-electron chi connectivity index (χ4n) is 2.46. The second kappa shape index (κ2) is 8.82. The molecule has 0 aliphatic carbocycles. The summed E-state index contributed by atoms with van der Waals surface area (Å²) in [5, 5.41) is 7.76. The number of aromatic amines is 1. The van der Waals surface area contributed by atoms with E-state index in [9.17, 15) is 18.8 Å². The summed E-state index contributed by atoms with van der Waals surface area (Å²) in [5.41, 5.74) is 1.33. The lowest BCUT2D eigenvalue weighted by molar-refractivity contribution is 0.0943. The highest BCUT2D eigenvalue weighted by Crippen LogP contribution is 2.18. The van der Waals surface area contributed by atoms with Gasteiger partial charge in [-0.3, -0.25) is 14.4 Å². The molecule has 0 saturated carbocycles. The Hall–Kier alpha value is -3.28. The van der Waals surface area contributed by atoms with E-state index in [-0.39, 0.29) is 17.3 Å². The van der Waals surface area contributed by atoms with Crippen LogP contribution in [0, 0.1) is 9.39 Å². The SMILES string of the molecule is CNC(=O)c1[nH]cnc1C(=O)Nc1ccc(NC(=O)c2ccc(F)cc2I)cc1. The Balaban J connectivity index is 1.67. The molecule has 0 bridgehead atoms. The van der Waals surface area contributed by atoms with Crippen LogP contribution in [-0.4, -0.2) is 34.7 Å². The molecule has 0 radical (unpaired) electrons. The molecule has 0 spiro atoms. The summed E-state index contributed by atoms with van der Waals surface area (Å²) in [4.78, 5) is 42.9. The third-order valence-electron chi connectivity index (χ3n) is 3.88. The van der Waals surface area contributed by atoms with Crippen LogP contribution in [-0.2, 0) is 0 Å². The molecule has 10 heteroatoms. The molecule has 0 aliphatic rings. The van der Waals surface area contributed by atoms with E-state index in [2.05, 4.69) is 25.9 Å². The third-order valence-corrected chi connectivity index (χ3v) is 4.78. The standard InChI is InChI=1S/C19H15FIN5O3/c1-22-18(28)15-16(24-9-23-15)19(29)26-12-5-3-11(4-6-12)25-17(27)13-7-2-10(20)8-14(13)21/h2-9H,1H3,(H,22,28)(H,23,24)(H,25,27)(H,26,29). The summed E-state index contributed by atoms with van der Waals surface area (Å²) in [6, 6.07) is 10.3. The number of carbonyl (C=O) groups is 3. The second-order valence-corrected chi connectivity index (χ2v) is 6.98. The van der Waals surface area contributed by atoms with Gasteiger partial charge in [-0.2, -0.15) is 0 Å². The second-order valence-electron chi connectivity index (χ2n) is 5.82.